The molecule has 7 heteroatoms. The van der Waals surface area contributed by atoms with Crippen LogP contribution in [0.25, 0.3) is 0 Å². The lowest BCUT2D eigenvalue weighted by Crippen LogP contribution is -2.27. The third-order valence-electron chi connectivity index (χ3n) is 4.42. The zero-order valence-corrected chi connectivity index (χ0v) is 16.2. The van der Waals surface area contributed by atoms with Gasteiger partial charge in [0.1, 0.15) is 6.54 Å². The van der Waals surface area contributed by atoms with Crippen molar-refractivity contribution in [3.05, 3.63) is 23.8 Å². The molecule has 1 aromatic rings. The van der Waals surface area contributed by atoms with Crippen molar-refractivity contribution in [2.45, 2.75) is 47.0 Å². The zero-order chi connectivity index (χ0) is 18.0. The average Bonchev–Trinajstić information content (AvgIpc) is 2.77. The predicted molar refractivity (Wildman–Crippen MR) is 93.3 cm³/mol. The van der Waals surface area contributed by atoms with E-state index in [1.165, 1.54) is 5.71 Å². The summed E-state index contributed by atoms with van der Waals surface area (Å²) >= 11 is 0. The Morgan fingerprint density at radius 2 is 1.67 bits per heavy atom. The van der Waals surface area contributed by atoms with Crippen LogP contribution in [0.2, 0.25) is 0 Å². The highest BCUT2D eigenvalue weighted by molar-refractivity contribution is 7.62. The van der Waals surface area contributed by atoms with E-state index in [0.29, 0.717) is 5.30 Å². The minimum absolute atomic E-state index is 0.163. The van der Waals surface area contributed by atoms with Gasteiger partial charge in [0.25, 0.3) is 0 Å². The first-order valence-corrected chi connectivity index (χ1v) is 9.85. The van der Waals surface area contributed by atoms with Crippen LogP contribution in [0.3, 0.4) is 0 Å². The van der Waals surface area contributed by atoms with E-state index >= 15 is 0 Å². The van der Waals surface area contributed by atoms with Gasteiger partial charge in [-0.2, -0.15) is 4.58 Å². The number of fused-ring (bicyclic) bond motifs is 1. The maximum absolute atomic E-state index is 13.1. The van der Waals surface area contributed by atoms with E-state index in [-0.39, 0.29) is 18.6 Å². The standard InChI is InChI=1S/C17H27NO5P/c1-7-18-13(4)17(5,6)15-12-14(10-11-16(15)18)24(19,22-20-8-2)23-21-9-3/h10-12H,7-9H2,1-6H3/q+1. The van der Waals surface area contributed by atoms with Gasteiger partial charge < -0.3 is 0 Å². The Morgan fingerprint density at radius 3 is 2.17 bits per heavy atom. The first-order chi connectivity index (χ1) is 11.3. The minimum Gasteiger partial charge on any atom is -0.250 e. The monoisotopic (exact) mass is 356 g/mol. The molecule has 0 amide bonds. The molecule has 1 aromatic carbocycles. The van der Waals surface area contributed by atoms with Crippen molar-refractivity contribution in [1.29, 1.82) is 0 Å². The molecule has 0 bridgehead atoms. The summed E-state index contributed by atoms with van der Waals surface area (Å²) in [7, 11) is -3.71. The van der Waals surface area contributed by atoms with Crippen LogP contribution in [-0.4, -0.2) is 30.0 Å². The second-order valence-corrected chi connectivity index (χ2v) is 7.93. The van der Waals surface area contributed by atoms with Crippen molar-refractivity contribution in [1.82, 2.24) is 0 Å². The lowest BCUT2D eigenvalue weighted by atomic mass is 9.82. The van der Waals surface area contributed by atoms with Gasteiger partial charge in [-0.1, -0.05) is 0 Å². The second-order valence-electron chi connectivity index (χ2n) is 6.12. The van der Waals surface area contributed by atoms with Crippen LogP contribution < -0.4 is 5.30 Å². The number of nitrogens with zero attached hydrogens (tertiary/aromatic N) is 1. The molecule has 0 spiro atoms. The van der Waals surface area contributed by atoms with Crippen molar-refractivity contribution in [3.8, 4) is 0 Å². The second kappa shape index (κ2) is 7.46. The van der Waals surface area contributed by atoms with Crippen molar-refractivity contribution in [3.63, 3.8) is 0 Å². The topological polar surface area (TPSA) is 57.0 Å². The molecule has 6 nitrogen and oxygen atoms in total. The van der Waals surface area contributed by atoms with Crippen LogP contribution in [0.5, 0.6) is 0 Å². The Morgan fingerprint density at radius 1 is 1.08 bits per heavy atom. The molecule has 0 unspecified atom stereocenters. The van der Waals surface area contributed by atoms with Gasteiger partial charge in [-0.15, -0.1) is 9.35 Å². The lowest BCUT2D eigenvalue weighted by Gasteiger charge is -2.19. The van der Waals surface area contributed by atoms with Crippen LogP contribution in [0.1, 0.15) is 47.1 Å². The molecular formula is C17H27NO5P+. The van der Waals surface area contributed by atoms with E-state index in [9.17, 15) is 4.57 Å². The first kappa shape index (κ1) is 19.3. The highest BCUT2D eigenvalue weighted by atomic mass is 31.2. The molecule has 134 valence electrons. The fraction of sp³-hybridized carbons (Fsp3) is 0.588. The maximum atomic E-state index is 13.1. The molecule has 0 radical (unpaired) electrons. The summed E-state index contributed by atoms with van der Waals surface area (Å²) in [5.41, 5.74) is 3.29. The van der Waals surface area contributed by atoms with E-state index < -0.39 is 7.60 Å². The smallest absolute Gasteiger partial charge is 0.250 e. The molecular weight excluding hydrogens is 329 g/mol. The predicted octanol–water partition coefficient (Wildman–Crippen LogP) is 3.86. The first-order valence-electron chi connectivity index (χ1n) is 8.30. The molecule has 0 atom stereocenters. The molecule has 0 aromatic heterocycles. The summed E-state index contributed by atoms with van der Waals surface area (Å²) in [6, 6.07) is 5.56. The summed E-state index contributed by atoms with van der Waals surface area (Å²) in [4.78, 5) is 9.80. The summed E-state index contributed by atoms with van der Waals surface area (Å²) in [6.07, 6.45) is 0. The fourth-order valence-corrected chi connectivity index (χ4v) is 4.12. The Kier molecular flexibility index (Phi) is 6.00. The molecule has 2 rings (SSSR count). The maximum Gasteiger partial charge on any atom is 0.414 e. The van der Waals surface area contributed by atoms with Crippen LogP contribution in [0.15, 0.2) is 18.2 Å². The quantitative estimate of drug-likeness (QED) is 0.306. The van der Waals surface area contributed by atoms with Crippen LogP contribution in [0, 0.1) is 0 Å². The third kappa shape index (κ3) is 3.35. The molecule has 0 saturated heterocycles. The minimum atomic E-state index is -3.71. The van der Waals surface area contributed by atoms with E-state index in [4.69, 9.17) is 19.1 Å². The van der Waals surface area contributed by atoms with Crippen LogP contribution >= 0.6 is 7.60 Å². The summed E-state index contributed by atoms with van der Waals surface area (Å²) in [5.74, 6) is 0. The summed E-state index contributed by atoms with van der Waals surface area (Å²) in [5, 5.41) is 0.418. The number of hydrogen-bond acceptors (Lipinski definition) is 5. The highest BCUT2D eigenvalue weighted by Gasteiger charge is 2.44. The Balaban J connectivity index is 2.48. The van der Waals surface area contributed by atoms with Crippen LogP contribution in [0.4, 0.5) is 5.69 Å². The number of rotatable bonds is 8. The fourth-order valence-electron chi connectivity index (χ4n) is 2.89. The van der Waals surface area contributed by atoms with Gasteiger partial charge in [0.15, 0.2) is 5.71 Å². The lowest BCUT2D eigenvalue weighted by molar-refractivity contribution is -0.434. The summed E-state index contributed by atoms with van der Waals surface area (Å²) in [6.45, 7) is 13.4. The van der Waals surface area contributed by atoms with E-state index in [1.807, 2.05) is 12.1 Å². The molecule has 1 aliphatic heterocycles. The normalized spacial score (nSPS) is 16.6. The van der Waals surface area contributed by atoms with Gasteiger partial charge in [0, 0.05) is 18.6 Å². The molecule has 1 aliphatic rings. The Bertz CT molecular complexity index is 672. The van der Waals surface area contributed by atoms with Gasteiger partial charge in [0.05, 0.1) is 23.9 Å². The van der Waals surface area contributed by atoms with Gasteiger partial charge in [-0.05, 0) is 46.8 Å². The Hall–Kier alpha value is -1.04. The van der Waals surface area contributed by atoms with Crippen molar-refractivity contribution >= 4 is 24.3 Å². The molecule has 0 aliphatic carbocycles. The average molecular weight is 356 g/mol. The van der Waals surface area contributed by atoms with E-state index in [2.05, 4.69) is 32.3 Å². The highest BCUT2D eigenvalue weighted by Crippen LogP contribution is 2.49. The van der Waals surface area contributed by atoms with Gasteiger partial charge >= 0.3 is 7.60 Å². The number of benzene rings is 1. The largest absolute Gasteiger partial charge is 0.414 e. The van der Waals surface area contributed by atoms with Gasteiger partial charge in [-0.25, -0.2) is 14.3 Å². The SMILES string of the molecule is CCOOP(=O)(OOCC)c1ccc2c(c1)C(C)(C)C(C)=[N+]2CC. The summed E-state index contributed by atoms with van der Waals surface area (Å²) < 4.78 is 25.4. The Labute approximate surface area is 143 Å². The van der Waals surface area contributed by atoms with Gasteiger partial charge in [-0.3, -0.25) is 0 Å². The molecule has 0 fully saturated rings. The number of hydrogen-bond donors (Lipinski definition) is 0. The molecule has 0 N–H and O–H groups in total. The third-order valence-corrected chi connectivity index (χ3v) is 5.94. The van der Waals surface area contributed by atoms with Crippen LogP contribution in [-0.2, 0) is 29.1 Å². The van der Waals surface area contributed by atoms with E-state index in [0.717, 1.165) is 17.8 Å². The van der Waals surface area contributed by atoms with Crippen molar-refractivity contribution in [2.24, 2.45) is 0 Å². The van der Waals surface area contributed by atoms with Gasteiger partial charge in [0.2, 0.25) is 5.69 Å². The molecule has 24 heavy (non-hydrogen) atoms. The molecule has 0 saturated carbocycles. The van der Waals surface area contributed by atoms with Crippen molar-refractivity contribution < 1.29 is 28.3 Å². The van der Waals surface area contributed by atoms with E-state index in [1.54, 1.807) is 19.9 Å². The van der Waals surface area contributed by atoms with Crippen molar-refractivity contribution in [2.75, 3.05) is 19.8 Å². The zero-order valence-electron chi connectivity index (χ0n) is 15.3. The molecule has 1 heterocycles.